The number of nitrogens with zero attached hydrogens (tertiary/aromatic N) is 1. The van der Waals surface area contributed by atoms with Crippen molar-refractivity contribution < 1.29 is 46.4 Å². The van der Waals surface area contributed by atoms with Crippen molar-refractivity contribution in [2.75, 3.05) is 13.6 Å². The first-order chi connectivity index (χ1) is 26.4. The van der Waals surface area contributed by atoms with Crippen LogP contribution >= 0.6 is 0 Å². The zero-order chi connectivity index (χ0) is 39.4. The number of carbonyl (C=O) groups excluding carboxylic acids is 1. The number of rotatable bonds is 12. The van der Waals surface area contributed by atoms with Crippen molar-refractivity contribution in [3.63, 3.8) is 0 Å². The molecule has 12 heteroatoms. The predicted molar refractivity (Wildman–Crippen MR) is 196 cm³/mol. The van der Waals surface area contributed by atoms with Gasteiger partial charge in [-0.15, -0.1) is 0 Å². The van der Waals surface area contributed by atoms with Crippen LogP contribution in [0, 0.1) is 35.0 Å². The van der Waals surface area contributed by atoms with Crippen molar-refractivity contribution in [1.82, 2.24) is 10.2 Å². The second kappa shape index (κ2) is 17.2. The van der Waals surface area contributed by atoms with Crippen molar-refractivity contribution in [3.05, 3.63) is 166 Å². The largest absolute Gasteiger partial charge is 0.392 e. The minimum Gasteiger partial charge on any atom is -0.392 e. The molecule has 1 heterocycles. The Morgan fingerprint density at radius 2 is 1.36 bits per heavy atom. The van der Waals surface area contributed by atoms with Crippen LogP contribution in [0.5, 0.6) is 0 Å². The van der Waals surface area contributed by atoms with Gasteiger partial charge in [-0.2, -0.15) is 0 Å². The van der Waals surface area contributed by atoms with E-state index in [4.69, 9.17) is 9.47 Å². The van der Waals surface area contributed by atoms with Gasteiger partial charge in [-0.05, 0) is 47.4 Å². The van der Waals surface area contributed by atoms with E-state index in [-0.39, 0.29) is 37.3 Å². The number of benzene rings is 5. The first kappa shape index (κ1) is 39.7. The fraction of sp³-hybridized carbons (Fsp3) is 0.279. The van der Waals surface area contributed by atoms with E-state index in [1.165, 1.54) is 0 Å². The Morgan fingerprint density at radius 1 is 0.782 bits per heavy atom. The van der Waals surface area contributed by atoms with Crippen molar-refractivity contribution in [2.45, 2.75) is 57.6 Å². The van der Waals surface area contributed by atoms with Gasteiger partial charge in [0, 0.05) is 30.6 Å². The van der Waals surface area contributed by atoms with Crippen molar-refractivity contribution in [2.24, 2.45) is 5.92 Å². The summed E-state index contributed by atoms with van der Waals surface area (Å²) < 4.78 is 82.8. The molecule has 5 aromatic carbocycles. The molecule has 1 amide bonds. The van der Waals surface area contributed by atoms with Crippen LogP contribution in [0.25, 0.3) is 11.1 Å². The number of aliphatic hydroxyl groups is 2. The molecule has 288 valence electrons. The van der Waals surface area contributed by atoms with E-state index >= 15 is 0 Å². The van der Waals surface area contributed by atoms with Gasteiger partial charge in [-0.3, -0.25) is 9.69 Å². The quantitative estimate of drug-likeness (QED) is 0.0674. The highest BCUT2D eigenvalue weighted by Gasteiger charge is 2.40. The van der Waals surface area contributed by atoms with Gasteiger partial charge in [0.15, 0.2) is 29.6 Å². The summed E-state index contributed by atoms with van der Waals surface area (Å²) in [5.41, 5.74) is 3.54. The third kappa shape index (κ3) is 8.48. The Bertz CT molecular complexity index is 2070. The SMILES string of the molecule is CC1C(CN(C)C(C)C(O)c2ccccc2)OC(c2ccc(-c3ccccc3CNC(=O)c3c(F)c(F)c(F)c(F)c3F)cc2)OC1c1ccc(CO)cc1. The van der Waals surface area contributed by atoms with Gasteiger partial charge in [-0.1, -0.05) is 110 Å². The molecule has 1 fully saturated rings. The zero-order valence-electron chi connectivity index (χ0n) is 30.4. The first-order valence-corrected chi connectivity index (χ1v) is 17.8. The average Bonchev–Trinajstić information content (AvgIpc) is 3.22. The smallest absolute Gasteiger partial charge is 0.257 e. The number of halogens is 5. The Kier molecular flexibility index (Phi) is 12.4. The van der Waals surface area contributed by atoms with E-state index in [0.29, 0.717) is 23.2 Å². The number of aliphatic hydroxyl groups excluding tert-OH is 2. The summed E-state index contributed by atoms with van der Waals surface area (Å²) in [6, 6.07) is 31.0. The molecule has 0 bridgehead atoms. The van der Waals surface area contributed by atoms with Gasteiger partial charge >= 0.3 is 0 Å². The minimum atomic E-state index is -2.35. The Balaban J connectivity index is 1.22. The average molecular weight is 761 g/mol. The number of nitrogens with one attached hydrogen (secondary N) is 1. The molecule has 6 rings (SSSR count). The van der Waals surface area contributed by atoms with Crippen LogP contribution in [0.3, 0.4) is 0 Å². The van der Waals surface area contributed by atoms with Crippen LogP contribution < -0.4 is 5.32 Å². The summed E-state index contributed by atoms with van der Waals surface area (Å²) in [6.07, 6.45) is -2.20. The highest BCUT2D eigenvalue weighted by Crippen LogP contribution is 2.42. The Morgan fingerprint density at radius 3 is 2.00 bits per heavy atom. The lowest BCUT2D eigenvalue weighted by atomic mass is 9.89. The number of likely N-dealkylation sites (N-methyl/N-ethyl adjacent to an activating group) is 1. The lowest BCUT2D eigenvalue weighted by Crippen LogP contribution is -2.46. The third-order valence-corrected chi connectivity index (χ3v) is 10.3. The molecule has 1 aliphatic heterocycles. The normalized spacial score (nSPS) is 19.6. The van der Waals surface area contributed by atoms with E-state index in [0.717, 1.165) is 22.3 Å². The van der Waals surface area contributed by atoms with Gasteiger partial charge < -0.3 is 25.0 Å². The molecule has 0 spiro atoms. The van der Waals surface area contributed by atoms with Crippen molar-refractivity contribution in [3.8, 4) is 11.1 Å². The molecule has 0 saturated carbocycles. The molecular weight excluding hydrogens is 719 g/mol. The predicted octanol–water partition coefficient (Wildman–Crippen LogP) is 8.32. The molecule has 7 nitrogen and oxygen atoms in total. The number of hydrogen-bond acceptors (Lipinski definition) is 6. The lowest BCUT2D eigenvalue weighted by molar-refractivity contribution is -0.276. The first-order valence-electron chi connectivity index (χ1n) is 17.8. The Labute approximate surface area is 316 Å². The maximum Gasteiger partial charge on any atom is 0.257 e. The molecule has 1 saturated heterocycles. The standard InChI is InChI=1S/C43H41F5N2O5/c1-24-33(22-50(3)25(2)40(52)28-9-5-4-6-10-28)54-43(55-41(24)29-15-13-26(23-51)14-16-29)30-19-17-27(18-20-30)32-12-8-7-11-31(32)21-49-42(53)34-35(44)37(46)39(48)38(47)36(34)45/h4-20,24-25,33,40-41,43,51-52H,21-23H2,1-3H3,(H,49,53). The van der Waals surface area contributed by atoms with Crippen LogP contribution in [-0.4, -0.2) is 46.8 Å². The summed E-state index contributed by atoms with van der Waals surface area (Å²) in [4.78, 5) is 14.7. The summed E-state index contributed by atoms with van der Waals surface area (Å²) in [6.45, 7) is 4.15. The van der Waals surface area contributed by atoms with Gasteiger partial charge in [0.1, 0.15) is 5.56 Å². The monoisotopic (exact) mass is 760 g/mol. The zero-order valence-corrected chi connectivity index (χ0v) is 30.4. The third-order valence-electron chi connectivity index (χ3n) is 10.3. The molecule has 1 aliphatic rings. The van der Waals surface area contributed by atoms with Crippen LogP contribution in [0.1, 0.15) is 70.5 Å². The number of hydrogen-bond donors (Lipinski definition) is 3. The Hall–Kier alpha value is -4.98. The summed E-state index contributed by atoms with van der Waals surface area (Å²) >= 11 is 0. The molecule has 0 radical (unpaired) electrons. The fourth-order valence-electron chi connectivity index (χ4n) is 6.79. The van der Waals surface area contributed by atoms with E-state index < -0.39 is 53.0 Å². The van der Waals surface area contributed by atoms with Crippen molar-refractivity contribution in [1.29, 1.82) is 0 Å². The second-order valence-corrected chi connectivity index (χ2v) is 13.8. The number of ether oxygens (including phenoxy) is 2. The number of amides is 1. The second-order valence-electron chi connectivity index (χ2n) is 13.8. The molecule has 0 aromatic heterocycles. The van der Waals surface area contributed by atoms with Gasteiger partial charge in [-0.25, -0.2) is 22.0 Å². The maximum absolute atomic E-state index is 14.3. The molecule has 55 heavy (non-hydrogen) atoms. The van der Waals surface area contributed by atoms with Crippen molar-refractivity contribution >= 4 is 5.91 Å². The van der Waals surface area contributed by atoms with Crippen LogP contribution in [0.4, 0.5) is 22.0 Å². The van der Waals surface area contributed by atoms with Crippen LogP contribution in [-0.2, 0) is 22.6 Å². The molecule has 6 unspecified atom stereocenters. The lowest BCUT2D eigenvalue weighted by Gasteiger charge is -2.43. The summed E-state index contributed by atoms with van der Waals surface area (Å²) in [5, 5.41) is 23.0. The molecule has 3 N–H and O–H groups in total. The number of carbonyl (C=O) groups is 1. The summed E-state index contributed by atoms with van der Waals surface area (Å²) in [5.74, 6) is -12.7. The summed E-state index contributed by atoms with van der Waals surface area (Å²) in [7, 11) is 1.94. The van der Waals surface area contributed by atoms with E-state index in [1.54, 1.807) is 24.3 Å². The highest BCUT2D eigenvalue weighted by atomic mass is 19.2. The van der Waals surface area contributed by atoms with Gasteiger partial charge in [0.2, 0.25) is 5.82 Å². The minimum absolute atomic E-state index is 0.0880. The molecule has 6 atom stereocenters. The van der Waals surface area contributed by atoms with E-state index in [9.17, 15) is 37.0 Å². The highest BCUT2D eigenvalue weighted by molar-refractivity contribution is 5.95. The molecule has 0 aliphatic carbocycles. The van der Waals surface area contributed by atoms with Crippen LogP contribution in [0.2, 0.25) is 0 Å². The molecule has 5 aromatic rings. The van der Waals surface area contributed by atoms with E-state index in [1.807, 2.05) is 92.8 Å². The topological polar surface area (TPSA) is 91.3 Å². The molecular formula is C43H41F5N2O5. The van der Waals surface area contributed by atoms with E-state index in [2.05, 4.69) is 17.1 Å². The maximum atomic E-state index is 14.3. The fourth-order valence-corrected chi connectivity index (χ4v) is 6.79. The van der Waals surface area contributed by atoms with Gasteiger partial charge in [0.05, 0.1) is 24.9 Å². The van der Waals surface area contributed by atoms with Gasteiger partial charge in [0.25, 0.3) is 5.91 Å². The van der Waals surface area contributed by atoms with Crippen LogP contribution in [0.15, 0.2) is 103 Å².